The summed E-state index contributed by atoms with van der Waals surface area (Å²) < 4.78 is 0. The van der Waals surface area contributed by atoms with Crippen LogP contribution < -0.4 is 11.1 Å². The lowest BCUT2D eigenvalue weighted by Crippen LogP contribution is -2.44. The molecule has 0 rings (SSSR count). The van der Waals surface area contributed by atoms with Gasteiger partial charge in [-0.3, -0.25) is 4.79 Å². The van der Waals surface area contributed by atoms with E-state index in [1.54, 1.807) is 0 Å². The standard InChI is InChI=1S/C14H31N3O/c1-5-12(4)13(15)14(18)16-10-8-9-11-17(6-2)7-3/h12-13H,5-11,15H2,1-4H3,(H,16,18). The molecular weight excluding hydrogens is 226 g/mol. The number of carbonyl (C=O) groups excluding carboxylic acids is 1. The van der Waals surface area contributed by atoms with Gasteiger partial charge in [-0.2, -0.15) is 0 Å². The van der Waals surface area contributed by atoms with Gasteiger partial charge in [-0.25, -0.2) is 0 Å². The second-order valence-electron chi connectivity index (χ2n) is 4.94. The summed E-state index contributed by atoms with van der Waals surface area (Å²) in [7, 11) is 0. The van der Waals surface area contributed by atoms with E-state index in [-0.39, 0.29) is 17.9 Å². The van der Waals surface area contributed by atoms with Crippen LogP contribution in [0.15, 0.2) is 0 Å². The molecule has 0 heterocycles. The van der Waals surface area contributed by atoms with Crippen molar-refractivity contribution in [2.45, 2.75) is 53.0 Å². The number of unbranched alkanes of at least 4 members (excludes halogenated alkanes) is 1. The van der Waals surface area contributed by atoms with Crippen molar-refractivity contribution in [3.05, 3.63) is 0 Å². The highest BCUT2D eigenvalue weighted by Gasteiger charge is 2.18. The van der Waals surface area contributed by atoms with Crippen molar-refractivity contribution in [3.63, 3.8) is 0 Å². The first kappa shape index (κ1) is 17.4. The average Bonchev–Trinajstić information content (AvgIpc) is 2.40. The Labute approximate surface area is 112 Å². The molecule has 0 saturated heterocycles. The van der Waals surface area contributed by atoms with Crippen LogP contribution in [0.4, 0.5) is 0 Å². The summed E-state index contributed by atoms with van der Waals surface area (Å²) in [6, 6.07) is -0.363. The fraction of sp³-hybridized carbons (Fsp3) is 0.929. The fourth-order valence-electron chi connectivity index (χ4n) is 1.84. The first-order valence-electron chi connectivity index (χ1n) is 7.32. The largest absolute Gasteiger partial charge is 0.355 e. The van der Waals surface area contributed by atoms with E-state index in [4.69, 9.17) is 5.73 Å². The van der Waals surface area contributed by atoms with Crippen LogP contribution >= 0.6 is 0 Å². The summed E-state index contributed by atoms with van der Waals surface area (Å²) in [4.78, 5) is 14.1. The van der Waals surface area contributed by atoms with E-state index in [1.165, 1.54) is 0 Å². The Morgan fingerprint density at radius 3 is 2.33 bits per heavy atom. The number of amides is 1. The van der Waals surface area contributed by atoms with Crippen LogP contribution in [0.1, 0.15) is 47.0 Å². The zero-order valence-electron chi connectivity index (χ0n) is 12.5. The normalized spacial score (nSPS) is 14.6. The van der Waals surface area contributed by atoms with Crippen LogP contribution in [-0.2, 0) is 4.79 Å². The van der Waals surface area contributed by atoms with Gasteiger partial charge >= 0.3 is 0 Å². The first-order chi connectivity index (χ1) is 8.56. The van der Waals surface area contributed by atoms with Crippen molar-refractivity contribution >= 4 is 5.91 Å². The van der Waals surface area contributed by atoms with Crippen LogP contribution in [0, 0.1) is 5.92 Å². The number of nitrogens with two attached hydrogens (primary N) is 1. The molecule has 0 aromatic rings. The summed E-state index contributed by atoms with van der Waals surface area (Å²) >= 11 is 0. The summed E-state index contributed by atoms with van der Waals surface area (Å²) in [5.41, 5.74) is 5.86. The Kier molecular flexibility index (Phi) is 9.98. The van der Waals surface area contributed by atoms with Crippen LogP contribution in [0.2, 0.25) is 0 Å². The van der Waals surface area contributed by atoms with Crippen molar-refractivity contribution in [3.8, 4) is 0 Å². The highest BCUT2D eigenvalue weighted by Crippen LogP contribution is 2.05. The molecular formula is C14H31N3O. The molecule has 0 aliphatic rings. The third kappa shape index (κ3) is 6.97. The molecule has 0 saturated carbocycles. The maximum atomic E-state index is 11.7. The highest BCUT2D eigenvalue weighted by atomic mass is 16.2. The fourth-order valence-corrected chi connectivity index (χ4v) is 1.84. The third-order valence-electron chi connectivity index (χ3n) is 3.65. The van der Waals surface area contributed by atoms with Crippen molar-refractivity contribution in [2.24, 2.45) is 11.7 Å². The number of nitrogens with one attached hydrogen (secondary N) is 1. The lowest BCUT2D eigenvalue weighted by molar-refractivity contribution is -0.123. The molecule has 0 radical (unpaired) electrons. The van der Waals surface area contributed by atoms with Crippen molar-refractivity contribution in [1.29, 1.82) is 0 Å². The minimum atomic E-state index is -0.363. The molecule has 2 atom stereocenters. The van der Waals surface area contributed by atoms with Crippen molar-refractivity contribution in [2.75, 3.05) is 26.2 Å². The minimum Gasteiger partial charge on any atom is -0.355 e. The Morgan fingerprint density at radius 1 is 1.22 bits per heavy atom. The van der Waals surface area contributed by atoms with Gasteiger partial charge in [-0.05, 0) is 38.4 Å². The summed E-state index contributed by atoms with van der Waals surface area (Å²) in [5.74, 6) is 0.243. The molecule has 2 unspecified atom stereocenters. The quantitative estimate of drug-likeness (QED) is 0.584. The first-order valence-corrected chi connectivity index (χ1v) is 7.32. The average molecular weight is 257 g/mol. The Hall–Kier alpha value is -0.610. The number of rotatable bonds is 10. The molecule has 108 valence electrons. The lowest BCUT2D eigenvalue weighted by Gasteiger charge is -2.19. The van der Waals surface area contributed by atoms with Crippen LogP contribution in [0.25, 0.3) is 0 Å². The molecule has 0 aliphatic heterocycles. The van der Waals surface area contributed by atoms with Gasteiger partial charge in [0, 0.05) is 6.54 Å². The van der Waals surface area contributed by atoms with Gasteiger partial charge in [0.1, 0.15) is 0 Å². The van der Waals surface area contributed by atoms with E-state index in [2.05, 4.69) is 31.0 Å². The SMILES string of the molecule is CCC(C)C(N)C(=O)NCCCCN(CC)CC. The molecule has 1 amide bonds. The molecule has 0 aliphatic carbocycles. The van der Waals surface area contributed by atoms with E-state index >= 15 is 0 Å². The van der Waals surface area contributed by atoms with Crippen molar-refractivity contribution in [1.82, 2.24) is 10.2 Å². The zero-order chi connectivity index (χ0) is 14.0. The van der Waals surface area contributed by atoms with Crippen LogP contribution in [0.3, 0.4) is 0 Å². The van der Waals surface area contributed by atoms with E-state index in [1.807, 2.05) is 6.92 Å². The van der Waals surface area contributed by atoms with Crippen LogP contribution in [0.5, 0.6) is 0 Å². The molecule has 18 heavy (non-hydrogen) atoms. The summed E-state index contributed by atoms with van der Waals surface area (Å²) in [5, 5.41) is 2.92. The van der Waals surface area contributed by atoms with E-state index in [0.717, 1.165) is 45.4 Å². The molecule has 0 aromatic carbocycles. The molecule has 4 heteroatoms. The molecule has 3 N–H and O–H groups in total. The highest BCUT2D eigenvalue weighted by molar-refractivity contribution is 5.81. The maximum absolute atomic E-state index is 11.7. The smallest absolute Gasteiger partial charge is 0.237 e. The van der Waals surface area contributed by atoms with Gasteiger partial charge in [0.05, 0.1) is 6.04 Å². The maximum Gasteiger partial charge on any atom is 0.237 e. The molecule has 4 nitrogen and oxygen atoms in total. The molecule has 0 bridgehead atoms. The van der Waals surface area contributed by atoms with E-state index in [9.17, 15) is 4.79 Å². The van der Waals surface area contributed by atoms with Gasteiger partial charge in [0.25, 0.3) is 0 Å². The van der Waals surface area contributed by atoms with Crippen LogP contribution in [-0.4, -0.2) is 43.0 Å². The van der Waals surface area contributed by atoms with Gasteiger partial charge in [0.2, 0.25) is 5.91 Å². The number of hydrogen-bond donors (Lipinski definition) is 2. The van der Waals surface area contributed by atoms with Gasteiger partial charge in [0.15, 0.2) is 0 Å². The van der Waals surface area contributed by atoms with E-state index in [0.29, 0.717) is 0 Å². The molecule has 0 aromatic heterocycles. The number of carbonyl (C=O) groups is 1. The molecule has 0 fully saturated rings. The predicted molar refractivity (Wildman–Crippen MR) is 77.5 cm³/mol. The third-order valence-corrected chi connectivity index (χ3v) is 3.65. The Morgan fingerprint density at radius 2 is 1.83 bits per heavy atom. The second kappa shape index (κ2) is 10.3. The Balaban J connectivity index is 3.63. The van der Waals surface area contributed by atoms with Gasteiger partial charge < -0.3 is 16.0 Å². The predicted octanol–water partition coefficient (Wildman–Crippen LogP) is 1.60. The van der Waals surface area contributed by atoms with Gasteiger partial charge in [-0.1, -0.05) is 34.1 Å². The number of hydrogen-bond acceptors (Lipinski definition) is 3. The van der Waals surface area contributed by atoms with Gasteiger partial charge in [-0.15, -0.1) is 0 Å². The van der Waals surface area contributed by atoms with Crippen molar-refractivity contribution < 1.29 is 4.79 Å². The van der Waals surface area contributed by atoms with E-state index < -0.39 is 0 Å². The molecule has 0 spiro atoms. The minimum absolute atomic E-state index is 0.00723. The zero-order valence-corrected chi connectivity index (χ0v) is 12.5. The monoisotopic (exact) mass is 257 g/mol. The summed E-state index contributed by atoms with van der Waals surface area (Å²) in [6.45, 7) is 12.5. The Bertz CT molecular complexity index is 217. The lowest BCUT2D eigenvalue weighted by atomic mass is 9.99. The second-order valence-corrected chi connectivity index (χ2v) is 4.94. The summed E-state index contributed by atoms with van der Waals surface area (Å²) in [6.07, 6.45) is 3.09. The number of nitrogens with zero attached hydrogens (tertiary/aromatic N) is 1. The topological polar surface area (TPSA) is 58.4 Å².